The van der Waals surface area contributed by atoms with Crippen LogP contribution in [0, 0.1) is 19.8 Å². The Morgan fingerprint density at radius 3 is 2.39 bits per heavy atom. The van der Waals surface area contributed by atoms with E-state index in [1.165, 1.54) is 5.56 Å². The minimum atomic E-state index is 0.0554. The highest BCUT2D eigenvalue weighted by Crippen LogP contribution is 2.22. The standard InChI is InChI=1S/C19H27N3O/c1-13(2)19(16-9-7-6-8-10-16)20-18(23)12-11-17-14(3)21-22(5)15(17)4/h6-10,13,19H,11-12H2,1-5H3,(H,20,23). The minimum absolute atomic E-state index is 0.0554. The lowest BCUT2D eigenvalue weighted by atomic mass is 9.95. The van der Waals surface area contributed by atoms with E-state index in [4.69, 9.17) is 0 Å². The summed E-state index contributed by atoms with van der Waals surface area (Å²) in [5, 5.41) is 7.59. The monoisotopic (exact) mass is 313 g/mol. The molecular formula is C19H27N3O. The summed E-state index contributed by atoms with van der Waals surface area (Å²) in [6.07, 6.45) is 1.22. The van der Waals surface area contributed by atoms with Gasteiger partial charge in [-0.15, -0.1) is 0 Å². The Labute approximate surface area is 138 Å². The lowest BCUT2D eigenvalue weighted by Crippen LogP contribution is -2.31. The number of benzene rings is 1. The third kappa shape index (κ3) is 4.21. The molecule has 1 aromatic heterocycles. The third-order valence-corrected chi connectivity index (χ3v) is 4.40. The van der Waals surface area contributed by atoms with Gasteiger partial charge in [-0.3, -0.25) is 9.48 Å². The molecule has 1 aromatic carbocycles. The molecule has 0 spiro atoms. The van der Waals surface area contributed by atoms with E-state index in [2.05, 4.69) is 36.4 Å². The fourth-order valence-electron chi connectivity index (χ4n) is 2.96. The van der Waals surface area contributed by atoms with Crippen LogP contribution in [-0.4, -0.2) is 15.7 Å². The van der Waals surface area contributed by atoms with Gasteiger partial charge in [-0.2, -0.15) is 5.10 Å². The zero-order chi connectivity index (χ0) is 17.0. The number of aromatic nitrogens is 2. The maximum Gasteiger partial charge on any atom is 0.220 e. The second kappa shape index (κ2) is 7.44. The van der Waals surface area contributed by atoms with Crippen LogP contribution in [-0.2, 0) is 18.3 Å². The number of hydrogen-bond acceptors (Lipinski definition) is 2. The van der Waals surface area contributed by atoms with Crippen molar-refractivity contribution in [3.05, 3.63) is 52.8 Å². The van der Waals surface area contributed by atoms with E-state index in [9.17, 15) is 4.79 Å². The zero-order valence-electron chi connectivity index (χ0n) is 14.8. The van der Waals surface area contributed by atoms with Crippen LogP contribution >= 0.6 is 0 Å². The predicted octanol–water partition coefficient (Wildman–Crippen LogP) is 3.48. The van der Waals surface area contributed by atoms with Crippen molar-refractivity contribution >= 4 is 5.91 Å². The van der Waals surface area contributed by atoms with Crippen LogP contribution in [0.4, 0.5) is 0 Å². The molecule has 0 aliphatic carbocycles. The number of rotatable bonds is 6. The summed E-state index contributed by atoms with van der Waals surface area (Å²) in [6.45, 7) is 8.32. The molecule has 1 atom stereocenters. The van der Waals surface area contributed by atoms with E-state index < -0.39 is 0 Å². The number of carbonyl (C=O) groups excluding carboxylic acids is 1. The molecule has 0 aliphatic heterocycles. The van der Waals surface area contributed by atoms with Gasteiger partial charge in [0.2, 0.25) is 5.91 Å². The van der Waals surface area contributed by atoms with Gasteiger partial charge in [0, 0.05) is 19.2 Å². The van der Waals surface area contributed by atoms with Gasteiger partial charge >= 0.3 is 0 Å². The number of nitrogens with one attached hydrogen (secondary N) is 1. The molecule has 4 nitrogen and oxygen atoms in total. The highest BCUT2D eigenvalue weighted by molar-refractivity contribution is 5.76. The number of carbonyl (C=O) groups is 1. The lowest BCUT2D eigenvalue weighted by Gasteiger charge is -2.23. The SMILES string of the molecule is Cc1nn(C)c(C)c1CCC(=O)NC(c1ccccc1)C(C)C. The Hall–Kier alpha value is -2.10. The van der Waals surface area contributed by atoms with Crippen molar-refractivity contribution in [3.63, 3.8) is 0 Å². The van der Waals surface area contributed by atoms with Gasteiger partial charge in [0.05, 0.1) is 11.7 Å². The van der Waals surface area contributed by atoms with Gasteiger partial charge in [-0.05, 0) is 37.3 Å². The molecule has 4 heteroatoms. The fraction of sp³-hybridized carbons (Fsp3) is 0.474. The number of amides is 1. The Morgan fingerprint density at radius 2 is 1.87 bits per heavy atom. The van der Waals surface area contributed by atoms with Crippen LogP contribution in [0.15, 0.2) is 30.3 Å². The van der Waals surface area contributed by atoms with Crippen molar-refractivity contribution in [1.82, 2.24) is 15.1 Å². The normalized spacial score (nSPS) is 12.4. The largest absolute Gasteiger partial charge is 0.349 e. The highest BCUT2D eigenvalue weighted by Gasteiger charge is 2.18. The zero-order valence-corrected chi connectivity index (χ0v) is 14.8. The first-order valence-corrected chi connectivity index (χ1v) is 8.23. The Morgan fingerprint density at radius 1 is 1.22 bits per heavy atom. The quantitative estimate of drug-likeness (QED) is 0.887. The molecule has 2 aromatic rings. The van der Waals surface area contributed by atoms with Gasteiger partial charge in [-0.25, -0.2) is 0 Å². The molecule has 0 fully saturated rings. The Kier molecular flexibility index (Phi) is 5.59. The van der Waals surface area contributed by atoms with Crippen molar-refractivity contribution < 1.29 is 4.79 Å². The van der Waals surface area contributed by atoms with Gasteiger partial charge in [0.15, 0.2) is 0 Å². The number of aryl methyl sites for hydroxylation is 2. The summed E-state index contributed by atoms with van der Waals surface area (Å²) in [5.41, 5.74) is 4.49. The summed E-state index contributed by atoms with van der Waals surface area (Å²) >= 11 is 0. The maximum absolute atomic E-state index is 12.4. The van der Waals surface area contributed by atoms with E-state index in [-0.39, 0.29) is 11.9 Å². The molecule has 0 saturated heterocycles. The van der Waals surface area contributed by atoms with Crippen molar-refractivity contribution in [3.8, 4) is 0 Å². The average molecular weight is 313 g/mol. The Bertz CT molecular complexity index is 659. The molecule has 1 amide bonds. The molecule has 1 N–H and O–H groups in total. The highest BCUT2D eigenvalue weighted by atomic mass is 16.1. The third-order valence-electron chi connectivity index (χ3n) is 4.40. The van der Waals surface area contributed by atoms with Crippen molar-refractivity contribution in [2.45, 2.75) is 46.6 Å². The van der Waals surface area contributed by atoms with Crippen molar-refractivity contribution in [1.29, 1.82) is 0 Å². The molecule has 1 heterocycles. The van der Waals surface area contributed by atoms with Crippen LogP contribution in [0.2, 0.25) is 0 Å². The second-order valence-corrected chi connectivity index (χ2v) is 6.47. The number of nitrogens with zero attached hydrogens (tertiary/aromatic N) is 2. The van der Waals surface area contributed by atoms with Crippen LogP contribution in [0.25, 0.3) is 0 Å². The van der Waals surface area contributed by atoms with Gasteiger partial charge < -0.3 is 5.32 Å². The molecule has 0 saturated carbocycles. The molecule has 0 aliphatic rings. The minimum Gasteiger partial charge on any atom is -0.349 e. The predicted molar refractivity (Wildman–Crippen MR) is 93.2 cm³/mol. The van der Waals surface area contributed by atoms with E-state index in [0.717, 1.165) is 23.4 Å². The second-order valence-electron chi connectivity index (χ2n) is 6.47. The molecule has 0 radical (unpaired) electrons. The smallest absolute Gasteiger partial charge is 0.220 e. The van der Waals surface area contributed by atoms with Crippen LogP contribution in [0.3, 0.4) is 0 Å². The first-order valence-electron chi connectivity index (χ1n) is 8.23. The first-order chi connectivity index (χ1) is 10.9. The first kappa shape index (κ1) is 17.3. The summed E-state index contributed by atoms with van der Waals surface area (Å²) < 4.78 is 1.88. The molecule has 2 rings (SSSR count). The van der Waals surface area contributed by atoms with Crippen LogP contribution < -0.4 is 5.32 Å². The van der Waals surface area contributed by atoms with Crippen molar-refractivity contribution in [2.24, 2.45) is 13.0 Å². The fourth-order valence-corrected chi connectivity index (χ4v) is 2.96. The van der Waals surface area contributed by atoms with Crippen LogP contribution in [0.5, 0.6) is 0 Å². The van der Waals surface area contributed by atoms with Gasteiger partial charge in [-0.1, -0.05) is 44.2 Å². The molecule has 1 unspecified atom stereocenters. The summed E-state index contributed by atoms with van der Waals surface area (Å²) in [7, 11) is 1.94. The van der Waals surface area contributed by atoms with E-state index in [1.54, 1.807) is 0 Å². The van der Waals surface area contributed by atoms with Gasteiger partial charge in [0.25, 0.3) is 0 Å². The summed E-state index contributed by atoms with van der Waals surface area (Å²) in [4.78, 5) is 12.4. The molecule has 23 heavy (non-hydrogen) atoms. The maximum atomic E-state index is 12.4. The van der Waals surface area contributed by atoms with Crippen LogP contribution in [0.1, 0.15) is 48.8 Å². The molecule has 124 valence electrons. The lowest BCUT2D eigenvalue weighted by molar-refractivity contribution is -0.122. The van der Waals surface area contributed by atoms with E-state index >= 15 is 0 Å². The summed E-state index contributed by atoms with van der Waals surface area (Å²) in [6, 6.07) is 10.2. The van der Waals surface area contributed by atoms with Gasteiger partial charge in [0.1, 0.15) is 0 Å². The molecule has 0 bridgehead atoms. The Balaban J connectivity index is 2.00. The van der Waals surface area contributed by atoms with E-state index in [0.29, 0.717) is 12.3 Å². The topological polar surface area (TPSA) is 46.9 Å². The summed E-state index contributed by atoms with van der Waals surface area (Å²) in [5.74, 6) is 0.443. The van der Waals surface area contributed by atoms with E-state index in [1.807, 2.05) is 43.8 Å². The number of hydrogen-bond donors (Lipinski definition) is 1. The average Bonchev–Trinajstić information content (AvgIpc) is 2.76. The van der Waals surface area contributed by atoms with Crippen molar-refractivity contribution in [2.75, 3.05) is 0 Å². The molecular weight excluding hydrogens is 286 g/mol.